The molecule has 0 saturated heterocycles. The van der Waals surface area contributed by atoms with Gasteiger partial charge in [0.25, 0.3) is 0 Å². The molecule has 0 atom stereocenters. The number of nitrogens with zero attached hydrogens (tertiary/aromatic N) is 3. The van der Waals surface area contributed by atoms with Crippen molar-refractivity contribution < 1.29 is 4.42 Å². The molecular formula is C16H10N4O2S. The summed E-state index contributed by atoms with van der Waals surface area (Å²) >= 11 is 1.45. The van der Waals surface area contributed by atoms with Crippen LogP contribution < -0.4 is 10.9 Å². The summed E-state index contributed by atoms with van der Waals surface area (Å²) in [6.45, 7) is 0. The van der Waals surface area contributed by atoms with Crippen LogP contribution in [0, 0.1) is 0 Å². The molecule has 0 bridgehead atoms. The second kappa shape index (κ2) is 5.62. The van der Waals surface area contributed by atoms with Crippen LogP contribution in [0.25, 0.3) is 21.5 Å². The molecule has 7 heteroatoms. The van der Waals surface area contributed by atoms with Gasteiger partial charge in [0.1, 0.15) is 10.6 Å². The van der Waals surface area contributed by atoms with E-state index in [2.05, 4.69) is 20.5 Å². The zero-order valence-electron chi connectivity index (χ0n) is 11.8. The summed E-state index contributed by atoms with van der Waals surface area (Å²) in [7, 11) is 0. The highest BCUT2D eigenvalue weighted by Gasteiger charge is 2.07. The van der Waals surface area contributed by atoms with Crippen LogP contribution in [0.1, 0.15) is 0 Å². The second-order valence-electron chi connectivity index (χ2n) is 4.78. The average Bonchev–Trinajstić information content (AvgIpc) is 3.04. The Hall–Kier alpha value is -3.06. The first kappa shape index (κ1) is 13.6. The first-order valence-electron chi connectivity index (χ1n) is 6.83. The van der Waals surface area contributed by atoms with Crippen LogP contribution in [0.2, 0.25) is 0 Å². The van der Waals surface area contributed by atoms with Crippen LogP contribution in [-0.4, -0.2) is 15.2 Å². The van der Waals surface area contributed by atoms with Crippen LogP contribution in [-0.2, 0) is 0 Å². The van der Waals surface area contributed by atoms with E-state index in [0.717, 1.165) is 21.6 Å². The minimum absolute atomic E-state index is 0.357. The Morgan fingerprint density at radius 3 is 2.74 bits per heavy atom. The standard InChI is InChI=1S/C16H10N4O2S/c21-14-4-1-11-9-12(2-3-13(11)22-14)18-16-20-19-15(23-16)10-5-7-17-8-6-10/h1-9H,(H,18,20). The number of pyridine rings is 1. The Kier molecular flexibility index (Phi) is 3.32. The molecule has 1 aromatic carbocycles. The molecule has 0 radical (unpaired) electrons. The lowest BCUT2D eigenvalue weighted by atomic mass is 10.2. The van der Waals surface area contributed by atoms with E-state index in [9.17, 15) is 4.79 Å². The lowest BCUT2D eigenvalue weighted by molar-refractivity contribution is 0.561. The molecule has 0 spiro atoms. The van der Waals surface area contributed by atoms with E-state index in [1.165, 1.54) is 17.4 Å². The number of hydrogen-bond donors (Lipinski definition) is 1. The van der Waals surface area contributed by atoms with Crippen LogP contribution >= 0.6 is 11.3 Å². The number of benzene rings is 1. The Morgan fingerprint density at radius 1 is 1.00 bits per heavy atom. The van der Waals surface area contributed by atoms with Crippen molar-refractivity contribution in [2.45, 2.75) is 0 Å². The summed E-state index contributed by atoms with van der Waals surface area (Å²) in [5.74, 6) is 0. The molecule has 0 fully saturated rings. The topological polar surface area (TPSA) is 80.9 Å². The van der Waals surface area contributed by atoms with Gasteiger partial charge in [0, 0.05) is 35.1 Å². The fourth-order valence-corrected chi connectivity index (χ4v) is 2.93. The highest BCUT2D eigenvalue weighted by Crippen LogP contribution is 2.28. The molecule has 0 amide bonds. The van der Waals surface area contributed by atoms with E-state index in [0.29, 0.717) is 10.7 Å². The molecule has 23 heavy (non-hydrogen) atoms. The highest BCUT2D eigenvalue weighted by molar-refractivity contribution is 7.18. The molecule has 0 aliphatic rings. The van der Waals surface area contributed by atoms with Crippen molar-refractivity contribution in [2.75, 3.05) is 5.32 Å². The monoisotopic (exact) mass is 322 g/mol. The van der Waals surface area contributed by atoms with Crippen molar-refractivity contribution >= 4 is 33.1 Å². The SMILES string of the molecule is O=c1ccc2cc(Nc3nnc(-c4ccncc4)s3)ccc2o1. The molecule has 0 aliphatic heterocycles. The van der Waals surface area contributed by atoms with Gasteiger partial charge in [0.15, 0.2) is 0 Å². The van der Waals surface area contributed by atoms with Crippen LogP contribution in [0.4, 0.5) is 10.8 Å². The Morgan fingerprint density at radius 2 is 1.87 bits per heavy atom. The van der Waals surface area contributed by atoms with Gasteiger partial charge in [-0.2, -0.15) is 0 Å². The number of fused-ring (bicyclic) bond motifs is 1. The minimum Gasteiger partial charge on any atom is -0.423 e. The maximum Gasteiger partial charge on any atom is 0.336 e. The Labute approximate surface area is 134 Å². The van der Waals surface area contributed by atoms with Gasteiger partial charge in [-0.3, -0.25) is 4.98 Å². The van der Waals surface area contributed by atoms with E-state index in [4.69, 9.17) is 4.42 Å². The summed E-state index contributed by atoms with van der Waals surface area (Å²) in [4.78, 5) is 15.2. The lowest BCUT2D eigenvalue weighted by Gasteiger charge is -2.03. The Bertz CT molecular complexity index is 1030. The highest BCUT2D eigenvalue weighted by atomic mass is 32.1. The van der Waals surface area contributed by atoms with Crippen LogP contribution in [0.5, 0.6) is 0 Å². The van der Waals surface area contributed by atoms with Gasteiger partial charge in [-0.05, 0) is 36.4 Å². The van der Waals surface area contributed by atoms with E-state index < -0.39 is 0 Å². The van der Waals surface area contributed by atoms with Gasteiger partial charge < -0.3 is 9.73 Å². The summed E-state index contributed by atoms with van der Waals surface area (Å²) in [5, 5.41) is 13.9. The predicted molar refractivity (Wildman–Crippen MR) is 88.9 cm³/mol. The molecule has 1 N–H and O–H groups in total. The number of rotatable bonds is 3. The molecule has 6 nitrogen and oxygen atoms in total. The number of nitrogens with one attached hydrogen (secondary N) is 1. The minimum atomic E-state index is -0.357. The molecular weight excluding hydrogens is 312 g/mol. The molecule has 3 heterocycles. The summed E-state index contributed by atoms with van der Waals surface area (Å²) in [5.41, 5.74) is 2.02. The van der Waals surface area contributed by atoms with E-state index in [-0.39, 0.29) is 5.63 Å². The Balaban J connectivity index is 1.62. The van der Waals surface area contributed by atoms with Crippen molar-refractivity contribution in [2.24, 2.45) is 0 Å². The van der Waals surface area contributed by atoms with Crippen molar-refractivity contribution in [3.05, 3.63) is 65.3 Å². The molecule has 4 rings (SSSR count). The molecule has 0 saturated carbocycles. The number of anilines is 2. The van der Waals surface area contributed by atoms with Crippen LogP contribution in [0.15, 0.2) is 64.1 Å². The quantitative estimate of drug-likeness (QED) is 0.582. The van der Waals surface area contributed by atoms with Gasteiger partial charge in [-0.25, -0.2) is 4.79 Å². The lowest BCUT2D eigenvalue weighted by Crippen LogP contribution is -1.95. The number of aromatic nitrogens is 3. The molecule has 3 aromatic heterocycles. The normalized spacial score (nSPS) is 10.8. The first-order chi connectivity index (χ1) is 11.3. The zero-order chi connectivity index (χ0) is 15.6. The number of hydrogen-bond acceptors (Lipinski definition) is 7. The van der Waals surface area contributed by atoms with Gasteiger partial charge in [0.2, 0.25) is 5.13 Å². The van der Waals surface area contributed by atoms with Crippen molar-refractivity contribution in [1.29, 1.82) is 0 Å². The molecule has 0 unspecified atom stereocenters. The van der Waals surface area contributed by atoms with Crippen molar-refractivity contribution in [1.82, 2.24) is 15.2 Å². The van der Waals surface area contributed by atoms with Gasteiger partial charge >= 0.3 is 5.63 Å². The predicted octanol–water partition coefficient (Wildman–Crippen LogP) is 3.45. The fraction of sp³-hybridized carbons (Fsp3) is 0. The van der Waals surface area contributed by atoms with Gasteiger partial charge in [-0.1, -0.05) is 11.3 Å². The fourth-order valence-electron chi connectivity index (χ4n) is 2.16. The molecule has 4 aromatic rings. The van der Waals surface area contributed by atoms with Crippen LogP contribution in [0.3, 0.4) is 0 Å². The van der Waals surface area contributed by atoms with E-state index in [1.807, 2.05) is 24.3 Å². The summed E-state index contributed by atoms with van der Waals surface area (Å²) < 4.78 is 5.11. The maximum absolute atomic E-state index is 11.2. The third-order valence-electron chi connectivity index (χ3n) is 3.22. The van der Waals surface area contributed by atoms with E-state index in [1.54, 1.807) is 24.5 Å². The molecule has 0 aliphatic carbocycles. The van der Waals surface area contributed by atoms with Gasteiger partial charge in [0.05, 0.1) is 0 Å². The zero-order valence-corrected chi connectivity index (χ0v) is 12.6. The van der Waals surface area contributed by atoms with Gasteiger partial charge in [-0.15, -0.1) is 10.2 Å². The molecule has 112 valence electrons. The maximum atomic E-state index is 11.2. The summed E-state index contributed by atoms with van der Waals surface area (Å²) in [6, 6.07) is 12.4. The smallest absolute Gasteiger partial charge is 0.336 e. The third-order valence-corrected chi connectivity index (χ3v) is 4.11. The average molecular weight is 322 g/mol. The largest absolute Gasteiger partial charge is 0.423 e. The second-order valence-corrected chi connectivity index (χ2v) is 5.76. The van der Waals surface area contributed by atoms with Crippen molar-refractivity contribution in [3.63, 3.8) is 0 Å². The van der Waals surface area contributed by atoms with E-state index >= 15 is 0 Å². The van der Waals surface area contributed by atoms with Crippen molar-refractivity contribution in [3.8, 4) is 10.6 Å². The first-order valence-corrected chi connectivity index (χ1v) is 7.64. The third kappa shape index (κ3) is 2.82. The summed E-state index contributed by atoms with van der Waals surface area (Å²) in [6.07, 6.45) is 3.45.